The van der Waals surface area contributed by atoms with Crippen LogP contribution in [-0.2, 0) is 14.3 Å². The zero-order valence-electron chi connectivity index (χ0n) is 18.6. The first-order valence-electron chi connectivity index (χ1n) is 10.7. The van der Waals surface area contributed by atoms with Crippen molar-refractivity contribution < 1.29 is 19.0 Å². The van der Waals surface area contributed by atoms with E-state index >= 15 is 0 Å². The molecule has 5 heteroatoms. The maximum absolute atomic E-state index is 12.0. The Bertz CT molecular complexity index is 891. The summed E-state index contributed by atoms with van der Waals surface area (Å²) in [4.78, 5) is 14.2. The van der Waals surface area contributed by atoms with Gasteiger partial charge in [0.2, 0.25) is 0 Å². The Morgan fingerprint density at radius 3 is 2.58 bits per heavy atom. The predicted octanol–water partition coefficient (Wildman–Crippen LogP) is 4.22. The van der Waals surface area contributed by atoms with Gasteiger partial charge in [0.05, 0.1) is 19.1 Å². The Morgan fingerprint density at radius 1 is 1.13 bits per heavy atom. The molecule has 1 aliphatic heterocycles. The third kappa shape index (κ3) is 8.09. The summed E-state index contributed by atoms with van der Waals surface area (Å²) in [6.45, 7) is 8.90. The number of carbonyl (C=O) groups is 1. The molecule has 3 rings (SSSR count). The largest absolute Gasteiger partial charge is 0.481 e. The van der Waals surface area contributed by atoms with Gasteiger partial charge < -0.3 is 14.2 Å². The Balaban J connectivity index is 1.45. The van der Waals surface area contributed by atoms with Gasteiger partial charge in [-0.05, 0) is 50.6 Å². The normalized spacial score (nSPS) is 16.8. The van der Waals surface area contributed by atoms with Crippen molar-refractivity contribution in [1.29, 1.82) is 0 Å². The van der Waals surface area contributed by atoms with Crippen LogP contribution < -0.4 is 4.74 Å². The maximum Gasteiger partial charge on any atom is 0.307 e. The van der Waals surface area contributed by atoms with Gasteiger partial charge in [0.25, 0.3) is 0 Å². The summed E-state index contributed by atoms with van der Waals surface area (Å²) in [6, 6.07) is 17.8. The lowest BCUT2D eigenvalue weighted by atomic mass is 10.1. The van der Waals surface area contributed by atoms with Crippen molar-refractivity contribution in [3.8, 4) is 17.6 Å². The molecule has 1 fully saturated rings. The van der Waals surface area contributed by atoms with Crippen molar-refractivity contribution in [2.45, 2.75) is 38.9 Å². The van der Waals surface area contributed by atoms with Crippen LogP contribution in [-0.4, -0.2) is 49.3 Å². The third-order valence-corrected chi connectivity index (χ3v) is 4.77. The van der Waals surface area contributed by atoms with Gasteiger partial charge in [0, 0.05) is 25.2 Å². The summed E-state index contributed by atoms with van der Waals surface area (Å²) in [7, 11) is 0. The molecule has 1 heterocycles. The molecular weight excluding hydrogens is 390 g/mol. The Hall–Kier alpha value is -2.81. The molecule has 0 aromatic heterocycles. The molecule has 1 atom stereocenters. The highest BCUT2D eigenvalue weighted by molar-refractivity contribution is 5.70. The highest BCUT2D eigenvalue weighted by atomic mass is 16.6. The van der Waals surface area contributed by atoms with Gasteiger partial charge in [-0.25, -0.2) is 0 Å². The summed E-state index contributed by atoms with van der Waals surface area (Å²) in [5.41, 5.74) is 1.64. The summed E-state index contributed by atoms with van der Waals surface area (Å²) >= 11 is 0. The van der Waals surface area contributed by atoms with E-state index in [1.807, 2.05) is 75.4 Å². The lowest BCUT2D eigenvalue weighted by Crippen LogP contribution is -2.39. The standard InChI is InChI=1S/C26H31NO4/c1-26(2,3)31-25(28)15-16-27-17-19-30-24(20-27)22-11-13-23(14-12-22)29-18-7-10-21-8-5-4-6-9-21/h4-6,8-9,11-14,24H,15-20H2,1-3H3. The molecule has 0 saturated carbocycles. The number of ether oxygens (including phenoxy) is 3. The van der Waals surface area contributed by atoms with Gasteiger partial charge in [-0.3, -0.25) is 9.69 Å². The fraction of sp³-hybridized carbons (Fsp3) is 0.423. The highest BCUT2D eigenvalue weighted by Gasteiger charge is 2.23. The minimum Gasteiger partial charge on any atom is -0.481 e. The van der Waals surface area contributed by atoms with E-state index in [4.69, 9.17) is 14.2 Å². The van der Waals surface area contributed by atoms with Crippen molar-refractivity contribution in [1.82, 2.24) is 4.90 Å². The van der Waals surface area contributed by atoms with Gasteiger partial charge in [0.1, 0.15) is 18.0 Å². The summed E-state index contributed by atoms with van der Waals surface area (Å²) in [5, 5.41) is 0. The molecule has 1 aliphatic rings. The molecule has 2 aromatic carbocycles. The van der Waals surface area contributed by atoms with E-state index in [0.717, 1.165) is 30.0 Å². The fourth-order valence-corrected chi connectivity index (χ4v) is 3.31. The molecule has 5 nitrogen and oxygen atoms in total. The van der Waals surface area contributed by atoms with Crippen molar-refractivity contribution in [2.75, 3.05) is 32.8 Å². The highest BCUT2D eigenvalue weighted by Crippen LogP contribution is 2.24. The molecule has 0 bridgehead atoms. The lowest BCUT2D eigenvalue weighted by molar-refractivity contribution is -0.155. The van der Waals surface area contributed by atoms with Crippen molar-refractivity contribution in [3.05, 3.63) is 65.7 Å². The zero-order valence-corrected chi connectivity index (χ0v) is 18.6. The molecule has 1 unspecified atom stereocenters. The van der Waals surface area contributed by atoms with Crippen LogP contribution in [0, 0.1) is 11.8 Å². The minimum absolute atomic E-state index is 0.0145. The van der Waals surface area contributed by atoms with Gasteiger partial charge in [-0.15, -0.1) is 0 Å². The van der Waals surface area contributed by atoms with E-state index in [-0.39, 0.29) is 12.1 Å². The second kappa shape index (κ2) is 11.0. The average molecular weight is 422 g/mol. The van der Waals surface area contributed by atoms with Crippen LogP contribution in [0.2, 0.25) is 0 Å². The number of hydrogen-bond donors (Lipinski definition) is 0. The van der Waals surface area contributed by atoms with E-state index < -0.39 is 5.60 Å². The van der Waals surface area contributed by atoms with E-state index in [9.17, 15) is 4.79 Å². The molecule has 0 aliphatic carbocycles. The topological polar surface area (TPSA) is 48.0 Å². The smallest absolute Gasteiger partial charge is 0.307 e. The van der Waals surface area contributed by atoms with Gasteiger partial charge in [0.15, 0.2) is 0 Å². The number of esters is 1. The Labute approximate surface area is 185 Å². The number of carbonyl (C=O) groups excluding carboxylic acids is 1. The predicted molar refractivity (Wildman–Crippen MR) is 121 cm³/mol. The van der Waals surface area contributed by atoms with Crippen LogP contribution in [0.3, 0.4) is 0 Å². The lowest BCUT2D eigenvalue weighted by Gasteiger charge is -2.33. The van der Waals surface area contributed by atoms with Crippen LogP contribution in [0.1, 0.15) is 44.4 Å². The van der Waals surface area contributed by atoms with Crippen LogP contribution in [0.4, 0.5) is 0 Å². The SMILES string of the molecule is CC(C)(C)OC(=O)CCN1CCOC(c2ccc(OCC#Cc3ccccc3)cc2)C1. The van der Waals surface area contributed by atoms with Gasteiger partial charge in [-0.2, -0.15) is 0 Å². The molecule has 2 aromatic rings. The first-order chi connectivity index (χ1) is 14.9. The number of nitrogens with zero attached hydrogens (tertiary/aromatic N) is 1. The van der Waals surface area contributed by atoms with E-state index in [2.05, 4.69) is 16.7 Å². The molecule has 164 valence electrons. The molecule has 0 spiro atoms. The average Bonchev–Trinajstić information content (AvgIpc) is 2.76. The summed E-state index contributed by atoms with van der Waals surface area (Å²) in [5.74, 6) is 6.73. The summed E-state index contributed by atoms with van der Waals surface area (Å²) in [6.07, 6.45) is 0.375. The first kappa shape index (κ1) is 22.9. The van der Waals surface area contributed by atoms with Crippen LogP contribution in [0.5, 0.6) is 5.75 Å². The molecular formula is C26H31NO4. The Kier molecular flexibility index (Phi) is 8.11. The van der Waals surface area contributed by atoms with Crippen LogP contribution in [0.25, 0.3) is 0 Å². The third-order valence-electron chi connectivity index (χ3n) is 4.77. The van der Waals surface area contributed by atoms with E-state index in [1.54, 1.807) is 0 Å². The molecule has 0 radical (unpaired) electrons. The van der Waals surface area contributed by atoms with Gasteiger partial charge >= 0.3 is 5.97 Å². The number of benzene rings is 2. The van der Waals surface area contributed by atoms with Crippen molar-refractivity contribution in [2.24, 2.45) is 0 Å². The van der Waals surface area contributed by atoms with Crippen molar-refractivity contribution in [3.63, 3.8) is 0 Å². The summed E-state index contributed by atoms with van der Waals surface area (Å²) < 4.78 is 17.1. The molecule has 1 saturated heterocycles. The minimum atomic E-state index is -0.443. The second-order valence-electron chi connectivity index (χ2n) is 8.52. The second-order valence-corrected chi connectivity index (χ2v) is 8.52. The van der Waals surface area contributed by atoms with Crippen LogP contribution in [0.15, 0.2) is 54.6 Å². The zero-order chi connectivity index (χ0) is 22.1. The van der Waals surface area contributed by atoms with Gasteiger partial charge in [-0.1, -0.05) is 42.2 Å². The Morgan fingerprint density at radius 2 is 1.87 bits per heavy atom. The monoisotopic (exact) mass is 421 g/mol. The fourth-order valence-electron chi connectivity index (χ4n) is 3.31. The maximum atomic E-state index is 12.0. The van der Waals surface area contributed by atoms with E-state index in [1.165, 1.54) is 0 Å². The molecule has 0 N–H and O–H groups in total. The first-order valence-corrected chi connectivity index (χ1v) is 10.7. The molecule has 0 amide bonds. The molecule has 31 heavy (non-hydrogen) atoms. The quantitative estimate of drug-likeness (QED) is 0.516. The number of morpholine rings is 1. The number of hydrogen-bond acceptors (Lipinski definition) is 5. The van der Waals surface area contributed by atoms with Crippen molar-refractivity contribution >= 4 is 5.97 Å². The van der Waals surface area contributed by atoms with Crippen LogP contribution >= 0.6 is 0 Å². The van der Waals surface area contributed by atoms with E-state index in [0.29, 0.717) is 26.2 Å². The number of rotatable bonds is 6.